The predicted molar refractivity (Wildman–Crippen MR) is 78.0 cm³/mol. The average molecular weight is 324 g/mol. The van der Waals surface area contributed by atoms with Gasteiger partial charge in [-0.25, -0.2) is 8.78 Å². The van der Waals surface area contributed by atoms with E-state index in [1.54, 1.807) is 6.92 Å². The summed E-state index contributed by atoms with van der Waals surface area (Å²) in [5.74, 6) is -2.50. The summed E-state index contributed by atoms with van der Waals surface area (Å²) in [6.07, 6.45) is -0.0158. The maximum Gasteiger partial charge on any atom is 0.312 e. The fraction of sp³-hybridized carbons (Fsp3) is 0.286. The molecule has 1 aromatic carbocycles. The molecule has 0 bridgehead atoms. The van der Waals surface area contributed by atoms with E-state index in [9.17, 15) is 23.7 Å². The van der Waals surface area contributed by atoms with Gasteiger partial charge in [-0.3, -0.25) is 19.6 Å². The standard InChI is InChI=1S/C14H14F2N4O3/c1-8-14(20(22)23)9(2)19(18-8)6-5-13(21)17-10-3-4-11(15)12(16)7-10/h3-4,7H,5-6H2,1-2H3,(H,17,21). The van der Waals surface area contributed by atoms with Gasteiger partial charge in [0.1, 0.15) is 11.4 Å². The van der Waals surface area contributed by atoms with E-state index < -0.39 is 22.5 Å². The summed E-state index contributed by atoms with van der Waals surface area (Å²) < 4.78 is 27.2. The van der Waals surface area contributed by atoms with E-state index in [-0.39, 0.29) is 30.0 Å². The van der Waals surface area contributed by atoms with Crippen molar-refractivity contribution in [2.45, 2.75) is 26.8 Å². The number of rotatable bonds is 5. The molecule has 0 saturated carbocycles. The number of nitrogens with one attached hydrogen (secondary N) is 1. The first kappa shape index (κ1) is 16.5. The molecule has 0 radical (unpaired) electrons. The van der Waals surface area contributed by atoms with Gasteiger partial charge >= 0.3 is 5.69 Å². The van der Waals surface area contributed by atoms with E-state index in [0.29, 0.717) is 5.69 Å². The Morgan fingerprint density at radius 3 is 2.61 bits per heavy atom. The van der Waals surface area contributed by atoms with Crippen molar-refractivity contribution in [1.29, 1.82) is 0 Å². The van der Waals surface area contributed by atoms with E-state index in [1.165, 1.54) is 17.7 Å². The largest absolute Gasteiger partial charge is 0.326 e. The van der Waals surface area contributed by atoms with Crippen LogP contribution in [0.25, 0.3) is 0 Å². The first-order valence-corrected chi connectivity index (χ1v) is 6.73. The maximum atomic E-state index is 13.1. The molecular formula is C14H14F2N4O3. The van der Waals surface area contributed by atoms with Gasteiger partial charge in [0.15, 0.2) is 11.6 Å². The summed E-state index contributed by atoms with van der Waals surface area (Å²) in [6.45, 7) is 3.20. The van der Waals surface area contributed by atoms with Gasteiger partial charge in [-0.15, -0.1) is 0 Å². The van der Waals surface area contributed by atoms with Crippen molar-refractivity contribution in [3.63, 3.8) is 0 Å². The Morgan fingerprint density at radius 1 is 1.35 bits per heavy atom. The number of aryl methyl sites for hydroxylation is 2. The van der Waals surface area contributed by atoms with Crippen molar-refractivity contribution in [1.82, 2.24) is 9.78 Å². The van der Waals surface area contributed by atoms with Crippen LogP contribution in [0.1, 0.15) is 17.8 Å². The minimum Gasteiger partial charge on any atom is -0.326 e. The number of nitrogens with zero attached hydrogens (tertiary/aromatic N) is 3. The minimum atomic E-state index is -1.06. The molecule has 2 aromatic rings. The Bertz CT molecular complexity index is 774. The molecule has 1 aromatic heterocycles. The summed E-state index contributed by atoms with van der Waals surface area (Å²) in [6, 6.07) is 3.03. The molecule has 0 saturated heterocycles. The summed E-state index contributed by atoms with van der Waals surface area (Å²) in [5.41, 5.74) is 0.681. The molecular weight excluding hydrogens is 310 g/mol. The molecule has 0 fully saturated rings. The topological polar surface area (TPSA) is 90.1 Å². The number of benzene rings is 1. The van der Waals surface area contributed by atoms with Gasteiger partial charge in [0.05, 0.1) is 11.5 Å². The second-order valence-corrected chi connectivity index (χ2v) is 4.93. The van der Waals surface area contributed by atoms with Crippen molar-refractivity contribution < 1.29 is 18.5 Å². The van der Waals surface area contributed by atoms with Crippen molar-refractivity contribution in [3.05, 3.63) is 51.3 Å². The van der Waals surface area contributed by atoms with Crippen molar-refractivity contribution >= 4 is 17.3 Å². The van der Waals surface area contributed by atoms with Crippen molar-refractivity contribution in [3.8, 4) is 0 Å². The van der Waals surface area contributed by atoms with E-state index in [1.807, 2.05) is 0 Å². The molecule has 0 spiro atoms. The fourth-order valence-electron chi connectivity index (χ4n) is 2.17. The van der Waals surface area contributed by atoms with Crippen LogP contribution in [0.15, 0.2) is 18.2 Å². The molecule has 122 valence electrons. The fourth-order valence-corrected chi connectivity index (χ4v) is 2.17. The second-order valence-electron chi connectivity index (χ2n) is 4.93. The van der Waals surface area contributed by atoms with Crippen LogP contribution < -0.4 is 5.32 Å². The molecule has 23 heavy (non-hydrogen) atoms. The minimum absolute atomic E-state index is 0.0158. The van der Waals surface area contributed by atoms with Gasteiger partial charge in [0.25, 0.3) is 0 Å². The lowest BCUT2D eigenvalue weighted by atomic mass is 10.3. The van der Waals surface area contributed by atoms with Crippen LogP contribution in [-0.4, -0.2) is 20.6 Å². The summed E-state index contributed by atoms with van der Waals surface area (Å²) >= 11 is 0. The Labute approximate surface area is 130 Å². The highest BCUT2D eigenvalue weighted by Gasteiger charge is 2.21. The molecule has 1 amide bonds. The Balaban J connectivity index is 2.01. The van der Waals surface area contributed by atoms with Crippen LogP contribution in [0.2, 0.25) is 0 Å². The highest BCUT2D eigenvalue weighted by Crippen LogP contribution is 2.22. The highest BCUT2D eigenvalue weighted by atomic mass is 19.2. The number of carbonyl (C=O) groups is 1. The lowest BCUT2D eigenvalue weighted by Crippen LogP contribution is -2.16. The van der Waals surface area contributed by atoms with Crippen LogP contribution in [0.4, 0.5) is 20.2 Å². The van der Waals surface area contributed by atoms with Crippen LogP contribution in [0, 0.1) is 35.6 Å². The zero-order chi connectivity index (χ0) is 17.1. The number of aromatic nitrogens is 2. The number of amides is 1. The molecule has 0 atom stereocenters. The maximum absolute atomic E-state index is 13.1. The number of carbonyl (C=O) groups excluding carboxylic acids is 1. The molecule has 0 aliphatic heterocycles. The third-order valence-electron chi connectivity index (χ3n) is 3.28. The van der Waals surface area contributed by atoms with Crippen LogP contribution in [-0.2, 0) is 11.3 Å². The third kappa shape index (κ3) is 3.68. The monoisotopic (exact) mass is 324 g/mol. The molecule has 1 heterocycles. The molecule has 0 aliphatic carbocycles. The van der Waals surface area contributed by atoms with E-state index in [4.69, 9.17) is 0 Å². The highest BCUT2D eigenvalue weighted by molar-refractivity contribution is 5.90. The zero-order valence-electron chi connectivity index (χ0n) is 12.5. The van der Waals surface area contributed by atoms with Gasteiger partial charge in [0, 0.05) is 18.2 Å². The van der Waals surface area contributed by atoms with Gasteiger partial charge in [0.2, 0.25) is 5.91 Å². The zero-order valence-corrected chi connectivity index (χ0v) is 12.5. The van der Waals surface area contributed by atoms with E-state index in [2.05, 4.69) is 10.4 Å². The summed E-state index contributed by atoms with van der Waals surface area (Å²) in [7, 11) is 0. The number of halogens is 2. The van der Waals surface area contributed by atoms with Crippen molar-refractivity contribution in [2.24, 2.45) is 0 Å². The molecule has 0 unspecified atom stereocenters. The number of nitro groups is 1. The van der Waals surface area contributed by atoms with Gasteiger partial charge in [-0.1, -0.05) is 0 Å². The number of hydrogen-bond donors (Lipinski definition) is 1. The van der Waals surface area contributed by atoms with E-state index >= 15 is 0 Å². The molecule has 7 nitrogen and oxygen atoms in total. The van der Waals surface area contributed by atoms with Gasteiger partial charge < -0.3 is 5.32 Å². The SMILES string of the molecule is Cc1nn(CCC(=O)Nc2ccc(F)c(F)c2)c(C)c1[N+](=O)[O-]. The average Bonchev–Trinajstić information content (AvgIpc) is 2.75. The molecule has 9 heteroatoms. The first-order valence-electron chi connectivity index (χ1n) is 6.73. The predicted octanol–water partition coefficient (Wildman–Crippen LogP) is 2.72. The second kappa shape index (κ2) is 6.51. The van der Waals surface area contributed by atoms with Crippen LogP contribution in [0.5, 0.6) is 0 Å². The quantitative estimate of drug-likeness (QED) is 0.676. The normalized spacial score (nSPS) is 10.6. The summed E-state index contributed by atoms with van der Waals surface area (Å²) in [5, 5.41) is 17.3. The Hall–Kier alpha value is -2.84. The lowest BCUT2D eigenvalue weighted by molar-refractivity contribution is -0.386. The third-order valence-corrected chi connectivity index (χ3v) is 3.28. The Kier molecular flexibility index (Phi) is 4.68. The smallest absolute Gasteiger partial charge is 0.312 e. The molecule has 2 rings (SSSR count). The first-order chi connectivity index (χ1) is 10.8. The number of anilines is 1. The number of hydrogen-bond acceptors (Lipinski definition) is 4. The van der Waals surface area contributed by atoms with Gasteiger partial charge in [-0.05, 0) is 26.0 Å². The lowest BCUT2D eigenvalue weighted by Gasteiger charge is -2.06. The van der Waals surface area contributed by atoms with Gasteiger partial charge in [-0.2, -0.15) is 5.10 Å². The molecule has 1 N–H and O–H groups in total. The molecule has 0 aliphatic rings. The van der Waals surface area contributed by atoms with E-state index in [0.717, 1.165) is 12.1 Å². The van der Waals surface area contributed by atoms with Crippen molar-refractivity contribution in [2.75, 3.05) is 5.32 Å². The Morgan fingerprint density at radius 2 is 2.04 bits per heavy atom. The van der Waals surface area contributed by atoms with Crippen LogP contribution >= 0.6 is 0 Å². The van der Waals surface area contributed by atoms with Crippen LogP contribution in [0.3, 0.4) is 0 Å². The summed E-state index contributed by atoms with van der Waals surface area (Å²) in [4.78, 5) is 22.2.